The number of carbonyl (C=O) groups excluding carboxylic acids is 1. The van der Waals surface area contributed by atoms with E-state index in [4.69, 9.17) is 4.42 Å². The molecule has 2 aromatic rings. The average molecular weight is 302 g/mol. The van der Waals surface area contributed by atoms with Crippen LogP contribution in [0, 0.1) is 5.82 Å². The molecule has 0 saturated carbocycles. The third kappa shape index (κ3) is 2.84. The van der Waals surface area contributed by atoms with E-state index in [0.717, 1.165) is 12.2 Å². The minimum Gasteiger partial charge on any atom is -0.456 e. The van der Waals surface area contributed by atoms with E-state index in [1.807, 2.05) is 24.0 Å². The van der Waals surface area contributed by atoms with Crippen molar-refractivity contribution < 1.29 is 13.6 Å². The lowest BCUT2D eigenvalue weighted by molar-refractivity contribution is 0.0713. The van der Waals surface area contributed by atoms with Crippen LogP contribution < -0.4 is 4.90 Å². The molecule has 1 aromatic carbocycles. The molecular weight excluding hydrogens is 283 g/mol. The molecular formula is C17H19FN2O2. The van der Waals surface area contributed by atoms with Crippen molar-refractivity contribution in [3.8, 4) is 0 Å². The highest BCUT2D eigenvalue weighted by molar-refractivity contribution is 5.91. The Morgan fingerprint density at radius 3 is 2.50 bits per heavy atom. The van der Waals surface area contributed by atoms with Gasteiger partial charge in [-0.3, -0.25) is 4.79 Å². The second-order valence-corrected chi connectivity index (χ2v) is 5.35. The van der Waals surface area contributed by atoms with Crippen LogP contribution in [-0.4, -0.2) is 37.0 Å². The van der Waals surface area contributed by atoms with Crippen LogP contribution in [0.15, 0.2) is 40.8 Å². The quantitative estimate of drug-likeness (QED) is 0.874. The number of halogens is 1. The summed E-state index contributed by atoms with van der Waals surface area (Å²) < 4.78 is 19.3. The van der Waals surface area contributed by atoms with Gasteiger partial charge in [0.1, 0.15) is 11.6 Å². The third-order valence-corrected chi connectivity index (χ3v) is 3.98. The molecule has 1 fully saturated rings. The van der Waals surface area contributed by atoms with Crippen LogP contribution in [-0.2, 0) is 6.42 Å². The van der Waals surface area contributed by atoms with Gasteiger partial charge in [0.25, 0.3) is 5.91 Å². The van der Waals surface area contributed by atoms with E-state index < -0.39 is 0 Å². The zero-order valence-corrected chi connectivity index (χ0v) is 12.6. The number of rotatable bonds is 3. The minimum atomic E-state index is -0.221. The maximum Gasteiger partial charge on any atom is 0.289 e. The molecule has 116 valence electrons. The summed E-state index contributed by atoms with van der Waals surface area (Å²) in [5.41, 5.74) is 0.598. The molecule has 3 rings (SSSR count). The van der Waals surface area contributed by atoms with Crippen molar-refractivity contribution in [1.29, 1.82) is 0 Å². The maximum absolute atomic E-state index is 13.8. The van der Waals surface area contributed by atoms with Crippen molar-refractivity contribution in [2.75, 3.05) is 31.1 Å². The number of nitrogens with zero attached hydrogens (tertiary/aromatic N) is 2. The summed E-state index contributed by atoms with van der Waals surface area (Å²) in [5.74, 6) is 0.887. The van der Waals surface area contributed by atoms with E-state index in [1.165, 1.54) is 6.07 Å². The molecule has 0 radical (unpaired) electrons. The molecule has 5 heteroatoms. The molecule has 1 saturated heterocycles. The van der Waals surface area contributed by atoms with Crippen molar-refractivity contribution in [2.24, 2.45) is 0 Å². The van der Waals surface area contributed by atoms with E-state index in [-0.39, 0.29) is 11.7 Å². The Labute approximate surface area is 129 Å². The van der Waals surface area contributed by atoms with Crippen molar-refractivity contribution >= 4 is 11.6 Å². The van der Waals surface area contributed by atoms with Gasteiger partial charge in [-0.25, -0.2) is 4.39 Å². The Hall–Kier alpha value is -2.30. The minimum absolute atomic E-state index is 0.0899. The van der Waals surface area contributed by atoms with E-state index in [9.17, 15) is 9.18 Å². The lowest BCUT2D eigenvalue weighted by Gasteiger charge is -2.35. The first kappa shape index (κ1) is 14.6. The van der Waals surface area contributed by atoms with Crippen LogP contribution in [0.25, 0.3) is 0 Å². The summed E-state index contributed by atoms with van der Waals surface area (Å²) in [7, 11) is 0. The highest BCUT2D eigenvalue weighted by Crippen LogP contribution is 2.21. The van der Waals surface area contributed by atoms with E-state index in [0.29, 0.717) is 37.6 Å². The van der Waals surface area contributed by atoms with Crippen molar-refractivity contribution in [1.82, 2.24) is 4.90 Å². The van der Waals surface area contributed by atoms with Crippen molar-refractivity contribution in [3.05, 3.63) is 53.7 Å². The van der Waals surface area contributed by atoms with Gasteiger partial charge in [0.2, 0.25) is 0 Å². The Morgan fingerprint density at radius 2 is 1.86 bits per heavy atom. The molecule has 0 unspecified atom stereocenters. The van der Waals surface area contributed by atoms with Crippen LogP contribution in [0.1, 0.15) is 23.2 Å². The number of piperazine rings is 1. The Balaban J connectivity index is 1.64. The first-order valence-electron chi connectivity index (χ1n) is 7.56. The molecule has 1 aliphatic rings. The SMILES string of the molecule is CCc1ccc(C(=O)N2CCN(c3ccccc3F)CC2)o1. The molecule has 1 amide bonds. The molecule has 0 spiro atoms. The van der Waals surface area contributed by atoms with Gasteiger partial charge in [-0.2, -0.15) is 0 Å². The van der Waals surface area contributed by atoms with Crippen LogP contribution in [0.4, 0.5) is 10.1 Å². The lowest BCUT2D eigenvalue weighted by atomic mass is 10.2. The second kappa shape index (κ2) is 6.22. The monoisotopic (exact) mass is 302 g/mol. The maximum atomic E-state index is 13.8. The average Bonchev–Trinajstić information content (AvgIpc) is 3.04. The predicted octanol–water partition coefficient (Wildman–Crippen LogP) is 2.94. The number of anilines is 1. The topological polar surface area (TPSA) is 36.7 Å². The third-order valence-electron chi connectivity index (χ3n) is 3.98. The fourth-order valence-electron chi connectivity index (χ4n) is 2.70. The number of aryl methyl sites for hydroxylation is 1. The summed E-state index contributed by atoms with van der Waals surface area (Å²) in [6.45, 7) is 4.35. The van der Waals surface area contributed by atoms with E-state index >= 15 is 0 Å². The normalized spacial score (nSPS) is 15.2. The molecule has 0 aliphatic carbocycles. The number of hydrogen-bond acceptors (Lipinski definition) is 3. The summed E-state index contributed by atoms with van der Waals surface area (Å²) in [6, 6.07) is 10.3. The number of para-hydroxylation sites is 1. The number of carbonyl (C=O) groups is 1. The van der Waals surface area contributed by atoms with Crippen LogP contribution in [0.2, 0.25) is 0 Å². The highest BCUT2D eigenvalue weighted by Gasteiger charge is 2.25. The Bertz CT molecular complexity index is 660. The first-order valence-corrected chi connectivity index (χ1v) is 7.56. The van der Waals surface area contributed by atoms with E-state index in [1.54, 1.807) is 23.1 Å². The molecule has 4 nitrogen and oxygen atoms in total. The van der Waals surface area contributed by atoms with Gasteiger partial charge >= 0.3 is 0 Å². The molecule has 2 heterocycles. The fourth-order valence-corrected chi connectivity index (χ4v) is 2.70. The molecule has 0 bridgehead atoms. The Morgan fingerprint density at radius 1 is 1.14 bits per heavy atom. The van der Waals surface area contributed by atoms with Crippen molar-refractivity contribution in [3.63, 3.8) is 0 Å². The van der Waals surface area contributed by atoms with Crippen LogP contribution in [0.5, 0.6) is 0 Å². The van der Waals surface area contributed by atoms with Gasteiger partial charge in [0, 0.05) is 32.6 Å². The van der Waals surface area contributed by atoms with Gasteiger partial charge in [0.15, 0.2) is 5.76 Å². The highest BCUT2D eigenvalue weighted by atomic mass is 19.1. The summed E-state index contributed by atoms with van der Waals surface area (Å²) in [6.07, 6.45) is 0.772. The lowest BCUT2D eigenvalue weighted by Crippen LogP contribution is -2.49. The van der Waals surface area contributed by atoms with Gasteiger partial charge in [0.05, 0.1) is 5.69 Å². The standard InChI is InChI=1S/C17H19FN2O2/c1-2-13-7-8-16(22-13)17(21)20-11-9-19(10-12-20)15-6-4-3-5-14(15)18/h3-8H,2,9-12H2,1H3. The molecule has 1 aromatic heterocycles. The van der Waals surface area contributed by atoms with Gasteiger partial charge < -0.3 is 14.2 Å². The molecule has 0 atom stereocenters. The first-order chi connectivity index (χ1) is 10.7. The number of amides is 1. The summed E-state index contributed by atoms with van der Waals surface area (Å²) in [5, 5.41) is 0. The van der Waals surface area contributed by atoms with Crippen molar-refractivity contribution in [2.45, 2.75) is 13.3 Å². The van der Waals surface area contributed by atoms with Crippen LogP contribution >= 0.6 is 0 Å². The molecule has 0 N–H and O–H groups in total. The van der Waals surface area contributed by atoms with Crippen LogP contribution in [0.3, 0.4) is 0 Å². The summed E-state index contributed by atoms with van der Waals surface area (Å²) in [4.78, 5) is 16.1. The van der Waals surface area contributed by atoms with Gasteiger partial charge in [-0.05, 0) is 24.3 Å². The zero-order chi connectivity index (χ0) is 15.5. The predicted molar refractivity (Wildman–Crippen MR) is 82.6 cm³/mol. The zero-order valence-electron chi connectivity index (χ0n) is 12.6. The molecule has 22 heavy (non-hydrogen) atoms. The second-order valence-electron chi connectivity index (χ2n) is 5.35. The van der Waals surface area contributed by atoms with E-state index in [2.05, 4.69) is 0 Å². The molecule has 1 aliphatic heterocycles. The van der Waals surface area contributed by atoms with Gasteiger partial charge in [-0.1, -0.05) is 19.1 Å². The number of hydrogen-bond donors (Lipinski definition) is 0. The smallest absolute Gasteiger partial charge is 0.289 e. The number of furan rings is 1. The Kier molecular flexibility index (Phi) is 4.13. The van der Waals surface area contributed by atoms with Gasteiger partial charge in [-0.15, -0.1) is 0 Å². The largest absolute Gasteiger partial charge is 0.456 e. The fraction of sp³-hybridized carbons (Fsp3) is 0.353. The summed E-state index contributed by atoms with van der Waals surface area (Å²) >= 11 is 0. The number of benzene rings is 1.